The molecule has 0 unspecified atom stereocenters. The summed E-state index contributed by atoms with van der Waals surface area (Å²) in [4.78, 5) is 21.1. The first-order valence-corrected chi connectivity index (χ1v) is 11.3. The minimum Gasteiger partial charge on any atom is -0.339 e. The van der Waals surface area contributed by atoms with Gasteiger partial charge in [-0.2, -0.15) is 4.98 Å². The third-order valence-corrected chi connectivity index (χ3v) is 5.74. The molecule has 0 saturated heterocycles. The van der Waals surface area contributed by atoms with Gasteiger partial charge < -0.3 is 9.84 Å². The summed E-state index contributed by atoms with van der Waals surface area (Å²) in [5.41, 5.74) is 3.90. The molecule has 0 spiro atoms. The van der Waals surface area contributed by atoms with Crippen LogP contribution in [0.3, 0.4) is 0 Å². The van der Waals surface area contributed by atoms with Gasteiger partial charge in [0.15, 0.2) is 11.6 Å². The number of nitrogens with one attached hydrogen (secondary N) is 2. The van der Waals surface area contributed by atoms with Crippen molar-refractivity contribution in [2.24, 2.45) is 0 Å². The highest BCUT2D eigenvalue weighted by Crippen LogP contribution is 2.23. The Morgan fingerprint density at radius 1 is 1.16 bits per heavy atom. The monoisotopic (exact) mass is 468 g/mol. The number of thioether (sulfide) groups is 1. The first-order chi connectivity index (χ1) is 15.5. The summed E-state index contributed by atoms with van der Waals surface area (Å²) in [7, 11) is 0. The number of anilines is 1. The summed E-state index contributed by atoms with van der Waals surface area (Å²) in [6, 6.07) is 13.3. The number of benzene rings is 2. The molecule has 2 aromatic carbocycles. The van der Waals surface area contributed by atoms with Gasteiger partial charge in [-0.15, -0.1) is 5.10 Å². The normalized spacial score (nSPS) is 11.0. The number of H-pyrrole nitrogens is 1. The Balaban J connectivity index is 1.26. The molecule has 8 nitrogen and oxygen atoms in total. The third-order valence-electron chi connectivity index (χ3n) is 4.64. The second kappa shape index (κ2) is 9.97. The van der Waals surface area contributed by atoms with Gasteiger partial charge in [-0.05, 0) is 49.7 Å². The highest BCUT2D eigenvalue weighted by Gasteiger charge is 2.12. The van der Waals surface area contributed by atoms with E-state index in [1.807, 2.05) is 44.2 Å². The lowest BCUT2D eigenvalue weighted by atomic mass is 10.1. The number of halogens is 1. The predicted octanol–water partition coefficient (Wildman–Crippen LogP) is 4.99. The molecule has 2 heterocycles. The van der Waals surface area contributed by atoms with Crippen molar-refractivity contribution in [1.29, 1.82) is 0 Å². The van der Waals surface area contributed by atoms with Crippen molar-refractivity contribution in [3.05, 3.63) is 70.3 Å². The number of nitrogens with zero attached hydrogens (tertiary/aromatic N) is 4. The molecule has 4 rings (SSSR count). The van der Waals surface area contributed by atoms with Gasteiger partial charge in [-0.3, -0.25) is 9.89 Å². The van der Waals surface area contributed by atoms with Crippen molar-refractivity contribution in [3.8, 4) is 11.4 Å². The van der Waals surface area contributed by atoms with E-state index in [1.165, 1.54) is 11.8 Å². The van der Waals surface area contributed by atoms with Crippen LogP contribution in [0.2, 0.25) is 5.02 Å². The molecule has 4 aromatic rings. The maximum atomic E-state index is 12.2. The number of hydrogen-bond acceptors (Lipinski definition) is 7. The number of aromatic amines is 1. The third kappa shape index (κ3) is 5.74. The van der Waals surface area contributed by atoms with Crippen molar-refractivity contribution in [2.75, 3.05) is 5.32 Å². The molecule has 0 atom stereocenters. The summed E-state index contributed by atoms with van der Waals surface area (Å²) in [6.07, 6.45) is 0.628. The minimum atomic E-state index is -0.0958. The molecule has 2 aromatic heterocycles. The lowest BCUT2D eigenvalue weighted by Crippen LogP contribution is -2.13. The molecule has 0 bridgehead atoms. The first-order valence-electron chi connectivity index (χ1n) is 9.96. The van der Waals surface area contributed by atoms with E-state index < -0.39 is 0 Å². The summed E-state index contributed by atoms with van der Waals surface area (Å²) in [5, 5.41) is 15.2. The van der Waals surface area contributed by atoms with Crippen LogP contribution in [0.5, 0.6) is 0 Å². The molecule has 0 radical (unpaired) electrons. The largest absolute Gasteiger partial charge is 0.339 e. The van der Waals surface area contributed by atoms with E-state index in [2.05, 4.69) is 30.6 Å². The van der Waals surface area contributed by atoms with E-state index in [4.69, 9.17) is 16.1 Å². The summed E-state index contributed by atoms with van der Waals surface area (Å²) < 4.78 is 5.26. The summed E-state index contributed by atoms with van der Waals surface area (Å²) >= 11 is 7.31. The molecule has 0 saturated carbocycles. The van der Waals surface area contributed by atoms with E-state index in [0.717, 1.165) is 22.4 Å². The van der Waals surface area contributed by atoms with Gasteiger partial charge in [0, 0.05) is 29.1 Å². The highest BCUT2D eigenvalue weighted by atomic mass is 35.5. The van der Waals surface area contributed by atoms with Gasteiger partial charge in [0.2, 0.25) is 17.0 Å². The van der Waals surface area contributed by atoms with Crippen molar-refractivity contribution in [2.45, 2.75) is 37.6 Å². The zero-order chi connectivity index (χ0) is 22.5. The highest BCUT2D eigenvalue weighted by molar-refractivity contribution is 7.98. The molecule has 0 aliphatic heterocycles. The molecule has 32 heavy (non-hydrogen) atoms. The van der Waals surface area contributed by atoms with E-state index in [9.17, 15) is 4.79 Å². The van der Waals surface area contributed by atoms with Crippen LogP contribution in [0.25, 0.3) is 11.4 Å². The fourth-order valence-corrected chi connectivity index (χ4v) is 3.78. The second-order valence-electron chi connectivity index (χ2n) is 7.23. The number of carbonyl (C=O) groups is 1. The number of amides is 1. The molecule has 1 amide bonds. The maximum Gasteiger partial charge on any atom is 0.227 e. The Morgan fingerprint density at radius 2 is 1.97 bits per heavy atom. The lowest BCUT2D eigenvalue weighted by Gasteiger charge is -2.08. The average molecular weight is 469 g/mol. The molecular weight excluding hydrogens is 448 g/mol. The quantitative estimate of drug-likeness (QED) is 0.350. The maximum absolute atomic E-state index is 12.2. The molecule has 0 aliphatic rings. The zero-order valence-electron chi connectivity index (χ0n) is 17.6. The van der Waals surface area contributed by atoms with Crippen LogP contribution in [0.4, 0.5) is 5.69 Å². The number of rotatable bonds is 8. The van der Waals surface area contributed by atoms with Gasteiger partial charge in [0.25, 0.3) is 0 Å². The van der Waals surface area contributed by atoms with Crippen molar-refractivity contribution >= 4 is 35.0 Å². The fourth-order valence-electron chi connectivity index (χ4n) is 3.01. The Labute approximate surface area is 194 Å². The first kappa shape index (κ1) is 22.0. The number of aromatic nitrogens is 5. The molecule has 2 N–H and O–H groups in total. The standard InChI is InChI=1S/C22H21ClN6O2S/c1-13-3-8-17(14(2)11-13)24-19(30)9-10-20-25-18(29-31-20)12-32-22-26-21(27-28-22)15-4-6-16(23)7-5-15/h3-8,11H,9-10,12H2,1-2H3,(H,24,30)(H,26,27,28). The van der Waals surface area contributed by atoms with E-state index in [0.29, 0.717) is 39.9 Å². The molecule has 10 heteroatoms. The summed E-state index contributed by atoms with van der Waals surface area (Å²) in [5.74, 6) is 1.97. The van der Waals surface area contributed by atoms with Crippen molar-refractivity contribution < 1.29 is 9.32 Å². The fraction of sp³-hybridized carbons (Fsp3) is 0.227. The van der Waals surface area contributed by atoms with Crippen molar-refractivity contribution in [1.82, 2.24) is 25.3 Å². The van der Waals surface area contributed by atoms with Gasteiger partial charge in [0.05, 0.1) is 5.75 Å². The van der Waals surface area contributed by atoms with E-state index >= 15 is 0 Å². The number of aryl methyl sites for hydroxylation is 3. The number of carbonyl (C=O) groups excluding carboxylic acids is 1. The second-order valence-corrected chi connectivity index (χ2v) is 8.61. The Bertz CT molecular complexity index is 1220. The van der Waals surface area contributed by atoms with Crippen molar-refractivity contribution in [3.63, 3.8) is 0 Å². The molecule has 0 fully saturated rings. The molecule has 164 valence electrons. The van der Waals surface area contributed by atoms with Crippen LogP contribution >= 0.6 is 23.4 Å². The zero-order valence-corrected chi connectivity index (χ0v) is 19.1. The average Bonchev–Trinajstić information content (AvgIpc) is 3.43. The van der Waals surface area contributed by atoms with Crippen LogP contribution in [-0.2, 0) is 17.0 Å². The van der Waals surface area contributed by atoms with Crippen LogP contribution in [0.1, 0.15) is 29.3 Å². The number of hydrogen-bond donors (Lipinski definition) is 2. The summed E-state index contributed by atoms with van der Waals surface area (Å²) in [6.45, 7) is 3.99. The van der Waals surface area contributed by atoms with Gasteiger partial charge in [-0.1, -0.05) is 46.2 Å². The topological polar surface area (TPSA) is 110 Å². The van der Waals surface area contributed by atoms with Crippen LogP contribution < -0.4 is 5.32 Å². The smallest absolute Gasteiger partial charge is 0.227 e. The van der Waals surface area contributed by atoms with Crippen LogP contribution in [-0.4, -0.2) is 31.2 Å². The van der Waals surface area contributed by atoms with Crippen LogP contribution in [0, 0.1) is 13.8 Å². The Hall–Kier alpha value is -3.17. The Morgan fingerprint density at radius 3 is 2.75 bits per heavy atom. The predicted molar refractivity (Wildman–Crippen MR) is 124 cm³/mol. The minimum absolute atomic E-state index is 0.0958. The molecular formula is C22H21ClN6O2S. The lowest BCUT2D eigenvalue weighted by molar-refractivity contribution is -0.116. The van der Waals surface area contributed by atoms with E-state index in [-0.39, 0.29) is 12.3 Å². The Kier molecular flexibility index (Phi) is 6.87. The SMILES string of the molecule is Cc1ccc(NC(=O)CCc2nc(CSc3n[nH]c(-c4ccc(Cl)cc4)n3)no2)c(C)c1. The van der Waals surface area contributed by atoms with Gasteiger partial charge >= 0.3 is 0 Å². The van der Waals surface area contributed by atoms with Crippen LogP contribution in [0.15, 0.2) is 52.1 Å². The van der Waals surface area contributed by atoms with Gasteiger partial charge in [-0.25, -0.2) is 4.98 Å². The van der Waals surface area contributed by atoms with E-state index in [1.54, 1.807) is 12.1 Å². The van der Waals surface area contributed by atoms with Gasteiger partial charge in [0.1, 0.15) is 0 Å². The molecule has 0 aliphatic carbocycles.